The van der Waals surface area contributed by atoms with E-state index in [2.05, 4.69) is 47.5 Å². The quantitative estimate of drug-likeness (QED) is 0.105. The van der Waals surface area contributed by atoms with Gasteiger partial charge in [0, 0.05) is 43.1 Å². The number of aryl methyl sites for hydroxylation is 2. The monoisotopic (exact) mass is 916 g/mol. The first-order valence-corrected chi connectivity index (χ1v) is 20.4. The Kier molecular flexibility index (Phi) is 18.5. The molecule has 0 radical (unpaired) electrons. The summed E-state index contributed by atoms with van der Waals surface area (Å²) in [6.45, 7) is 5.79. The summed E-state index contributed by atoms with van der Waals surface area (Å²) in [5.74, 6) is -1.33. The molecule has 0 saturated carbocycles. The summed E-state index contributed by atoms with van der Waals surface area (Å²) in [4.78, 5) is 8.35. The van der Waals surface area contributed by atoms with Gasteiger partial charge in [0.05, 0.1) is 23.8 Å². The number of aromatic nitrogens is 2. The fourth-order valence-electron chi connectivity index (χ4n) is 6.25. The van der Waals surface area contributed by atoms with Crippen LogP contribution in [0.15, 0.2) is 146 Å². The summed E-state index contributed by atoms with van der Waals surface area (Å²) in [5, 5.41) is 20.4. The predicted octanol–water partition coefficient (Wildman–Crippen LogP) is 12.7. The van der Waals surface area contributed by atoms with E-state index in [4.69, 9.17) is 4.74 Å². The van der Waals surface area contributed by atoms with Crippen LogP contribution < -0.4 is 9.47 Å². The second-order valence-electron chi connectivity index (χ2n) is 13.8. The zero-order chi connectivity index (χ0) is 45.0. The maximum atomic E-state index is 12.7. The molecular formula is C48H43BrF6N4O3. The number of nitrogens with zero attached hydrogens (tertiary/aromatic N) is 4. The lowest BCUT2D eigenvalue weighted by Crippen LogP contribution is -2.29. The van der Waals surface area contributed by atoms with Crippen molar-refractivity contribution >= 4 is 15.9 Å². The molecule has 322 valence electrons. The molecule has 1 saturated heterocycles. The molecule has 2 atom stereocenters. The molecule has 2 unspecified atom stereocenters. The van der Waals surface area contributed by atoms with Crippen LogP contribution in [0.1, 0.15) is 63.5 Å². The smallest absolute Gasteiger partial charge is 0.406 e. The van der Waals surface area contributed by atoms with Crippen molar-refractivity contribution in [2.75, 3.05) is 13.2 Å². The van der Waals surface area contributed by atoms with E-state index in [1.165, 1.54) is 49.2 Å². The van der Waals surface area contributed by atoms with Gasteiger partial charge in [0.2, 0.25) is 0 Å². The van der Waals surface area contributed by atoms with Gasteiger partial charge < -0.3 is 14.2 Å². The van der Waals surface area contributed by atoms with Crippen LogP contribution in [0.25, 0.3) is 0 Å². The van der Waals surface area contributed by atoms with E-state index in [0.717, 1.165) is 40.9 Å². The average molecular weight is 918 g/mol. The Morgan fingerprint density at radius 3 is 1.58 bits per heavy atom. The first-order chi connectivity index (χ1) is 29.6. The minimum atomic E-state index is -4.81. The molecule has 1 fully saturated rings. The summed E-state index contributed by atoms with van der Waals surface area (Å²) in [7, 11) is 0. The molecule has 2 aromatic heterocycles. The van der Waals surface area contributed by atoms with Crippen LogP contribution in [0.4, 0.5) is 26.3 Å². The van der Waals surface area contributed by atoms with Crippen LogP contribution in [0.5, 0.6) is 11.5 Å². The third kappa shape index (κ3) is 16.0. The largest absolute Gasteiger partial charge is 0.573 e. The number of alkyl halides is 7. The fourth-order valence-corrected chi connectivity index (χ4v) is 6.58. The van der Waals surface area contributed by atoms with Crippen molar-refractivity contribution in [1.82, 2.24) is 9.97 Å². The number of hydrogen-bond acceptors (Lipinski definition) is 7. The van der Waals surface area contributed by atoms with E-state index in [0.29, 0.717) is 22.4 Å². The molecule has 7 nitrogen and oxygen atoms in total. The summed E-state index contributed by atoms with van der Waals surface area (Å²) in [6, 6.07) is 41.5. The van der Waals surface area contributed by atoms with Crippen LogP contribution in [0, 0.1) is 36.5 Å². The highest BCUT2D eigenvalue weighted by Crippen LogP contribution is 2.38. The molecule has 0 bridgehead atoms. The lowest BCUT2D eigenvalue weighted by Gasteiger charge is -2.28. The van der Waals surface area contributed by atoms with E-state index < -0.39 is 24.1 Å². The highest BCUT2D eigenvalue weighted by molar-refractivity contribution is 9.08. The zero-order valence-corrected chi connectivity index (χ0v) is 35.4. The van der Waals surface area contributed by atoms with Crippen molar-refractivity contribution in [2.45, 2.75) is 62.5 Å². The molecule has 14 heteroatoms. The molecule has 6 aromatic rings. The van der Waals surface area contributed by atoms with E-state index in [-0.39, 0.29) is 17.9 Å². The molecule has 3 heterocycles. The average Bonchev–Trinajstić information content (AvgIpc) is 3.84. The first kappa shape index (κ1) is 48.4. The standard InChI is InChI=1S/C22H17F3N2O.C16H12F3NO.C6H6BrN.C4H8O/c1-16-6-4-7-17(12-16)21(15-26,14-19-9-2-3-11-27-19)18-8-5-10-20(13-18)28-22(23,24)25;1-11-4-2-5-12(8-11)15(10-20)13-6-3-7-14(9-13)21-16(17,18)19;7-5-6-3-1-2-4-8-6;1-2-4-5-3-1/h2-13H,14H2,1H3;2-9,15H,1H3;1-4H,5H2;1-4H2. The van der Waals surface area contributed by atoms with Gasteiger partial charge in [-0.05, 0) is 97.5 Å². The van der Waals surface area contributed by atoms with Crippen LogP contribution in [-0.4, -0.2) is 35.9 Å². The molecule has 62 heavy (non-hydrogen) atoms. The Hall–Kier alpha value is -6.22. The third-order valence-electron chi connectivity index (χ3n) is 9.05. The molecule has 4 aromatic carbocycles. The van der Waals surface area contributed by atoms with E-state index >= 15 is 0 Å². The molecule has 0 spiro atoms. The van der Waals surface area contributed by atoms with Crippen molar-refractivity contribution in [2.24, 2.45) is 0 Å². The van der Waals surface area contributed by atoms with Crippen LogP contribution >= 0.6 is 15.9 Å². The molecule has 7 rings (SSSR count). The number of rotatable bonds is 9. The highest BCUT2D eigenvalue weighted by atomic mass is 79.9. The number of benzene rings is 4. The van der Waals surface area contributed by atoms with Gasteiger partial charge >= 0.3 is 12.7 Å². The van der Waals surface area contributed by atoms with Gasteiger partial charge in [-0.1, -0.05) is 112 Å². The fraction of sp³-hybridized carbons (Fsp3) is 0.250. The molecule has 1 aliphatic rings. The van der Waals surface area contributed by atoms with E-state index in [9.17, 15) is 36.9 Å². The number of pyridine rings is 2. The van der Waals surface area contributed by atoms with Crippen molar-refractivity contribution in [3.63, 3.8) is 0 Å². The number of ether oxygens (including phenoxy) is 3. The number of nitriles is 2. The first-order valence-electron chi connectivity index (χ1n) is 19.2. The lowest BCUT2D eigenvalue weighted by atomic mass is 9.72. The van der Waals surface area contributed by atoms with Crippen LogP contribution in [-0.2, 0) is 21.9 Å². The highest BCUT2D eigenvalue weighted by Gasteiger charge is 2.37. The molecule has 0 N–H and O–H groups in total. The molecular weight excluding hydrogens is 874 g/mol. The molecule has 0 aliphatic carbocycles. The number of halogens is 7. The van der Waals surface area contributed by atoms with Crippen molar-refractivity contribution < 1.29 is 40.6 Å². The van der Waals surface area contributed by atoms with Gasteiger partial charge in [-0.3, -0.25) is 9.97 Å². The molecule has 1 aliphatic heterocycles. The van der Waals surface area contributed by atoms with Crippen molar-refractivity contribution in [3.05, 3.63) is 191 Å². The zero-order valence-electron chi connectivity index (χ0n) is 33.8. The Balaban J connectivity index is 0.000000215. The maximum absolute atomic E-state index is 12.7. The van der Waals surface area contributed by atoms with Gasteiger partial charge in [0.15, 0.2) is 0 Å². The second kappa shape index (κ2) is 23.7. The summed E-state index contributed by atoms with van der Waals surface area (Å²) in [5.41, 5.74) is 4.74. The Morgan fingerprint density at radius 2 is 1.13 bits per heavy atom. The normalized spacial score (nSPS) is 13.4. The van der Waals surface area contributed by atoms with Gasteiger partial charge in [-0.25, -0.2) is 0 Å². The van der Waals surface area contributed by atoms with Gasteiger partial charge in [0.25, 0.3) is 0 Å². The van der Waals surface area contributed by atoms with E-state index in [1.54, 1.807) is 48.8 Å². The van der Waals surface area contributed by atoms with Crippen molar-refractivity contribution in [1.29, 1.82) is 10.5 Å². The minimum absolute atomic E-state index is 0.212. The topological polar surface area (TPSA) is 101 Å². The lowest BCUT2D eigenvalue weighted by molar-refractivity contribution is -0.275. The maximum Gasteiger partial charge on any atom is 0.573 e. The second-order valence-corrected chi connectivity index (χ2v) is 14.4. The molecule has 0 amide bonds. The Bertz CT molecular complexity index is 2360. The van der Waals surface area contributed by atoms with E-state index in [1.807, 2.05) is 74.5 Å². The Morgan fingerprint density at radius 1 is 0.629 bits per heavy atom. The number of hydrogen-bond donors (Lipinski definition) is 0. The SMILES string of the molecule is BrCc1ccccn1.C1CCOC1.Cc1cccc(C(C#N)(Cc2ccccn2)c2cccc(OC(F)(F)F)c2)c1.Cc1cccc(C(C#N)c2cccc(OC(F)(F)F)c2)c1. The minimum Gasteiger partial charge on any atom is -0.406 e. The van der Waals surface area contributed by atoms with Crippen molar-refractivity contribution in [3.8, 4) is 23.6 Å². The van der Waals surface area contributed by atoms with Crippen LogP contribution in [0.2, 0.25) is 0 Å². The summed E-state index contributed by atoms with van der Waals surface area (Å²) in [6.07, 6.45) is -3.38. The summed E-state index contributed by atoms with van der Waals surface area (Å²) >= 11 is 3.29. The van der Waals surface area contributed by atoms with Crippen LogP contribution in [0.3, 0.4) is 0 Å². The third-order valence-corrected chi connectivity index (χ3v) is 9.63. The Labute approximate surface area is 365 Å². The van der Waals surface area contributed by atoms with Gasteiger partial charge in [-0.15, -0.1) is 26.3 Å². The van der Waals surface area contributed by atoms with Gasteiger partial charge in [-0.2, -0.15) is 10.5 Å². The van der Waals surface area contributed by atoms with Gasteiger partial charge in [0.1, 0.15) is 16.9 Å². The summed E-state index contributed by atoms with van der Waals surface area (Å²) < 4.78 is 87.7. The predicted molar refractivity (Wildman–Crippen MR) is 227 cm³/mol.